The standard InChI is InChI=1S/C14H19N5/c1-15-14-11(9-13-16-18-19(2)17-13)8-7-10-5-3-4-6-12(10)14/h3-6,11,14-15H,7-9H2,1-2H3. The number of aryl methyl sites for hydroxylation is 2. The smallest absolute Gasteiger partial charge is 0.175 e. The van der Waals surface area contributed by atoms with Crippen molar-refractivity contribution in [3.8, 4) is 0 Å². The van der Waals surface area contributed by atoms with Crippen LogP contribution in [0.3, 0.4) is 0 Å². The van der Waals surface area contributed by atoms with Crippen LogP contribution in [0.15, 0.2) is 24.3 Å². The average molecular weight is 257 g/mol. The molecule has 0 saturated carbocycles. The highest BCUT2D eigenvalue weighted by Crippen LogP contribution is 2.35. The van der Waals surface area contributed by atoms with Crippen LogP contribution in [0.5, 0.6) is 0 Å². The van der Waals surface area contributed by atoms with Crippen LogP contribution in [-0.4, -0.2) is 27.3 Å². The Kier molecular flexibility index (Phi) is 3.29. The number of nitrogens with one attached hydrogen (secondary N) is 1. The summed E-state index contributed by atoms with van der Waals surface area (Å²) >= 11 is 0. The van der Waals surface area contributed by atoms with E-state index in [4.69, 9.17) is 0 Å². The minimum absolute atomic E-state index is 0.383. The van der Waals surface area contributed by atoms with Gasteiger partial charge in [-0.3, -0.25) is 0 Å². The van der Waals surface area contributed by atoms with Gasteiger partial charge in [-0.2, -0.15) is 4.80 Å². The van der Waals surface area contributed by atoms with Crippen molar-refractivity contribution in [3.63, 3.8) is 0 Å². The molecule has 0 amide bonds. The van der Waals surface area contributed by atoms with Crippen LogP contribution in [0.2, 0.25) is 0 Å². The van der Waals surface area contributed by atoms with E-state index in [1.165, 1.54) is 22.3 Å². The summed E-state index contributed by atoms with van der Waals surface area (Å²) in [6.07, 6.45) is 3.19. The van der Waals surface area contributed by atoms with Crippen LogP contribution < -0.4 is 5.32 Å². The Labute approximate surface area is 113 Å². The molecular weight excluding hydrogens is 238 g/mol. The van der Waals surface area contributed by atoms with Gasteiger partial charge in [0.05, 0.1) is 7.05 Å². The Morgan fingerprint density at radius 3 is 2.95 bits per heavy atom. The molecule has 5 nitrogen and oxygen atoms in total. The molecule has 1 heterocycles. The van der Waals surface area contributed by atoms with Crippen LogP contribution >= 0.6 is 0 Å². The topological polar surface area (TPSA) is 55.6 Å². The maximum Gasteiger partial charge on any atom is 0.175 e. The summed E-state index contributed by atoms with van der Waals surface area (Å²) in [6.45, 7) is 0. The largest absolute Gasteiger partial charge is 0.313 e. The minimum Gasteiger partial charge on any atom is -0.313 e. The lowest BCUT2D eigenvalue weighted by Gasteiger charge is -2.32. The summed E-state index contributed by atoms with van der Waals surface area (Å²) in [5, 5.41) is 15.8. The van der Waals surface area contributed by atoms with Gasteiger partial charge in [0.15, 0.2) is 5.82 Å². The first-order valence-corrected chi connectivity index (χ1v) is 6.76. The molecule has 19 heavy (non-hydrogen) atoms. The first kappa shape index (κ1) is 12.3. The molecule has 1 aliphatic rings. The minimum atomic E-state index is 0.383. The average Bonchev–Trinajstić information content (AvgIpc) is 2.84. The van der Waals surface area contributed by atoms with Crippen molar-refractivity contribution in [1.82, 2.24) is 25.5 Å². The number of hydrogen-bond donors (Lipinski definition) is 1. The maximum atomic E-state index is 4.30. The van der Waals surface area contributed by atoms with Crippen molar-refractivity contribution < 1.29 is 0 Å². The highest BCUT2D eigenvalue weighted by Gasteiger charge is 2.29. The molecule has 0 saturated heterocycles. The monoisotopic (exact) mass is 257 g/mol. The van der Waals surface area contributed by atoms with Crippen LogP contribution in [0.4, 0.5) is 0 Å². The van der Waals surface area contributed by atoms with Gasteiger partial charge in [-0.1, -0.05) is 24.3 Å². The molecule has 1 aliphatic carbocycles. The number of aromatic nitrogens is 4. The molecule has 2 unspecified atom stereocenters. The van der Waals surface area contributed by atoms with E-state index >= 15 is 0 Å². The molecule has 1 N–H and O–H groups in total. The van der Waals surface area contributed by atoms with Crippen molar-refractivity contribution >= 4 is 0 Å². The predicted molar refractivity (Wildman–Crippen MR) is 72.6 cm³/mol. The van der Waals surface area contributed by atoms with Crippen molar-refractivity contribution in [2.24, 2.45) is 13.0 Å². The molecule has 2 atom stereocenters. The summed E-state index contributed by atoms with van der Waals surface area (Å²) in [4.78, 5) is 1.53. The third-order valence-electron chi connectivity index (χ3n) is 3.95. The highest BCUT2D eigenvalue weighted by molar-refractivity contribution is 5.33. The summed E-state index contributed by atoms with van der Waals surface area (Å²) in [6, 6.07) is 9.08. The Bertz CT molecular complexity index is 562. The lowest BCUT2D eigenvalue weighted by Crippen LogP contribution is -2.31. The third kappa shape index (κ3) is 2.38. The molecule has 3 rings (SSSR count). The van der Waals surface area contributed by atoms with E-state index in [0.717, 1.165) is 18.7 Å². The SMILES string of the molecule is CNC1c2ccccc2CCC1Cc1nnn(C)n1. The molecule has 1 aromatic heterocycles. The van der Waals surface area contributed by atoms with Crippen LogP contribution in [-0.2, 0) is 19.9 Å². The molecule has 0 fully saturated rings. The third-order valence-corrected chi connectivity index (χ3v) is 3.95. The van der Waals surface area contributed by atoms with E-state index in [-0.39, 0.29) is 0 Å². The van der Waals surface area contributed by atoms with Crippen LogP contribution in [0.1, 0.15) is 29.4 Å². The summed E-state index contributed by atoms with van der Waals surface area (Å²) in [7, 11) is 3.84. The maximum absolute atomic E-state index is 4.30. The van der Waals surface area contributed by atoms with Gasteiger partial charge < -0.3 is 5.32 Å². The number of tetrazole rings is 1. The van der Waals surface area contributed by atoms with Gasteiger partial charge in [0, 0.05) is 12.5 Å². The first-order valence-electron chi connectivity index (χ1n) is 6.76. The number of fused-ring (bicyclic) bond motifs is 1. The molecule has 0 bridgehead atoms. The van der Waals surface area contributed by atoms with E-state index in [1.54, 1.807) is 0 Å². The lowest BCUT2D eigenvalue weighted by atomic mass is 9.78. The zero-order valence-corrected chi connectivity index (χ0v) is 11.4. The van der Waals surface area contributed by atoms with Gasteiger partial charge in [0.1, 0.15) is 0 Å². The highest BCUT2D eigenvalue weighted by atomic mass is 15.6. The second kappa shape index (κ2) is 5.09. The van der Waals surface area contributed by atoms with Gasteiger partial charge >= 0.3 is 0 Å². The lowest BCUT2D eigenvalue weighted by molar-refractivity contribution is 0.329. The van der Waals surface area contributed by atoms with Crippen LogP contribution in [0, 0.1) is 5.92 Å². The summed E-state index contributed by atoms with van der Waals surface area (Å²) in [5.74, 6) is 1.37. The second-order valence-corrected chi connectivity index (χ2v) is 5.16. The molecule has 0 aliphatic heterocycles. The molecule has 1 aromatic carbocycles. The van der Waals surface area contributed by atoms with Gasteiger partial charge in [-0.15, -0.1) is 10.2 Å². The van der Waals surface area contributed by atoms with Gasteiger partial charge in [-0.25, -0.2) is 0 Å². The zero-order valence-electron chi connectivity index (χ0n) is 11.4. The number of rotatable bonds is 3. The predicted octanol–water partition coefficient (Wildman–Crippen LogP) is 1.28. The Balaban J connectivity index is 1.84. The van der Waals surface area contributed by atoms with Crippen molar-refractivity contribution in [2.45, 2.75) is 25.3 Å². The van der Waals surface area contributed by atoms with E-state index < -0.39 is 0 Å². The number of nitrogens with zero attached hydrogens (tertiary/aromatic N) is 4. The Morgan fingerprint density at radius 2 is 2.21 bits per heavy atom. The summed E-state index contributed by atoms with van der Waals surface area (Å²) in [5.41, 5.74) is 2.88. The molecule has 2 aromatic rings. The normalized spacial score (nSPS) is 22.2. The molecule has 5 heteroatoms. The summed E-state index contributed by atoms with van der Waals surface area (Å²) < 4.78 is 0. The molecule has 100 valence electrons. The van der Waals surface area contributed by atoms with E-state index in [2.05, 4.69) is 45.0 Å². The Morgan fingerprint density at radius 1 is 1.37 bits per heavy atom. The van der Waals surface area contributed by atoms with E-state index in [9.17, 15) is 0 Å². The van der Waals surface area contributed by atoms with Crippen molar-refractivity contribution in [3.05, 3.63) is 41.2 Å². The first-order chi connectivity index (χ1) is 9.28. The van der Waals surface area contributed by atoms with Crippen molar-refractivity contribution in [1.29, 1.82) is 0 Å². The number of hydrogen-bond acceptors (Lipinski definition) is 4. The van der Waals surface area contributed by atoms with E-state index in [1.807, 2.05) is 14.1 Å². The molecular formula is C14H19N5. The fraction of sp³-hybridized carbons (Fsp3) is 0.500. The Hall–Kier alpha value is -1.75. The van der Waals surface area contributed by atoms with E-state index in [0.29, 0.717) is 12.0 Å². The van der Waals surface area contributed by atoms with Gasteiger partial charge in [0.2, 0.25) is 0 Å². The van der Waals surface area contributed by atoms with Crippen molar-refractivity contribution in [2.75, 3.05) is 7.05 Å². The quantitative estimate of drug-likeness (QED) is 0.900. The molecule has 0 radical (unpaired) electrons. The van der Waals surface area contributed by atoms with Crippen LogP contribution in [0.25, 0.3) is 0 Å². The van der Waals surface area contributed by atoms with Gasteiger partial charge in [-0.05, 0) is 42.1 Å². The second-order valence-electron chi connectivity index (χ2n) is 5.16. The number of benzene rings is 1. The fourth-order valence-electron chi connectivity index (χ4n) is 3.08. The zero-order chi connectivity index (χ0) is 13.2. The van der Waals surface area contributed by atoms with Gasteiger partial charge in [0.25, 0.3) is 0 Å². The fourth-order valence-corrected chi connectivity index (χ4v) is 3.08. The molecule has 0 spiro atoms.